The molecule has 7 heteroatoms. The quantitative estimate of drug-likeness (QED) is 0.437. The molecule has 4 atom stereocenters. The maximum atomic E-state index is 13.1. The summed E-state index contributed by atoms with van der Waals surface area (Å²) in [7, 11) is 0. The van der Waals surface area contributed by atoms with Crippen molar-refractivity contribution in [1.82, 2.24) is 14.9 Å². The predicted molar refractivity (Wildman–Crippen MR) is 128 cm³/mol. The van der Waals surface area contributed by atoms with Crippen molar-refractivity contribution in [2.75, 3.05) is 5.75 Å². The summed E-state index contributed by atoms with van der Waals surface area (Å²) in [5.41, 5.74) is 0.511. The Hall–Kier alpha value is -1.53. The van der Waals surface area contributed by atoms with Crippen molar-refractivity contribution in [1.29, 1.82) is 0 Å². The standard InChI is InChI=1S/C24H32ClN3O2S/c1-14(2)8-9-28-23(30)19-7-6-18(25)12-21(19)27-24(28)31-13-22(29)26-15(3)20-11-16-4-5-17(20)10-16/h6-7,12,14-17,20H,4-5,8-11,13H2,1-3H3,(H,26,29)/t15-,16-,17-,20+/m1/s1. The Bertz CT molecular complexity index is 1020. The molecule has 1 N–H and O–H groups in total. The molecule has 168 valence electrons. The fourth-order valence-corrected chi connectivity index (χ4v) is 6.31. The third-order valence-electron chi connectivity index (χ3n) is 6.97. The maximum Gasteiger partial charge on any atom is 0.262 e. The van der Waals surface area contributed by atoms with E-state index in [0.717, 1.165) is 18.3 Å². The Morgan fingerprint density at radius 1 is 1.29 bits per heavy atom. The van der Waals surface area contributed by atoms with E-state index in [4.69, 9.17) is 16.6 Å². The minimum atomic E-state index is -0.0689. The van der Waals surface area contributed by atoms with Crippen LogP contribution in [0.1, 0.15) is 52.9 Å². The second-order valence-corrected chi connectivity index (χ2v) is 11.1. The first-order chi connectivity index (χ1) is 14.8. The van der Waals surface area contributed by atoms with Crippen molar-refractivity contribution >= 4 is 40.2 Å². The monoisotopic (exact) mass is 461 g/mol. The minimum absolute atomic E-state index is 0.0103. The van der Waals surface area contributed by atoms with Gasteiger partial charge in [0.2, 0.25) is 5.91 Å². The highest BCUT2D eigenvalue weighted by atomic mass is 35.5. The lowest BCUT2D eigenvalue weighted by Crippen LogP contribution is -2.41. The van der Waals surface area contributed by atoms with E-state index in [-0.39, 0.29) is 23.3 Å². The van der Waals surface area contributed by atoms with E-state index < -0.39 is 0 Å². The summed E-state index contributed by atoms with van der Waals surface area (Å²) in [6.07, 6.45) is 6.15. The molecular formula is C24H32ClN3O2S. The molecule has 0 aliphatic heterocycles. The molecule has 1 aromatic heterocycles. The highest BCUT2D eigenvalue weighted by Crippen LogP contribution is 2.49. The van der Waals surface area contributed by atoms with Crippen LogP contribution >= 0.6 is 23.4 Å². The third-order valence-corrected chi connectivity index (χ3v) is 8.18. The SMILES string of the molecule is CC(C)CCn1c(SCC(=O)N[C@H](C)[C@@H]2C[C@@H]3CC[C@@H]2C3)nc2cc(Cl)ccc2c1=O. The molecule has 2 bridgehead atoms. The number of benzene rings is 1. The van der Waals surface area contributed by atoms with Crippen LogP contribution in [0.5, 0.6) is 0 Å². The fourth-order valence-electron chi connectivity index (χ4n) is 5.31. The molecule has 4 rings (SSSR count). The molecule has 0 saturated heterocycles. The van der Waals surface area contributed by atoms with E-state index in [9.17, 15) is 9.59 Å². The number of nitrogens with one attached hydrogen (secondary N) is 1. The molecule has 2 fully saturated rings. The third kappa shape index (κ3) is 5.11. The van der Waals surface area contributed by atoms with Crippen LogP contribution < -0.4 is 10.9 Å². The van der Waals surface area contributed by atoms with Crippen molar-refractivity contribution < 1.29 is 4.79 Å². The minimum Gasteiger partial charge on any atom is -0.353 e. The number of carbonyl (C=O) groups excluding carboxylic acids is 1. The normalized spacial score (nSPS) is 23.6. The van der Waals surface area contributed by atoms with Crippen LogP contribution in [-0.2, 0) is 11.3 Å². The van der Waals surface area contributed by atoms with Crippen LogP contribution in [0, 0.1) is 23.7 Å². The van der Waals surface area contributed by atoms with Crippen molar-refractivity contribution in [3.05, 3.63) is 33.6 Å². The number of halogens is 1. The molecule has 0 unspecified atom stereocenters. The number of carbonyl (C=O) groups is 1. The summed E-state index contributed by atoms with van der Waals surface area (Å²) in [5, 5.41) is 4.91. The summed E-state index contributed by atoms with van der Waals surface area (Å²) >= 11 is 7.46. The average Bonchev–Trinajstić information content (AvgIpc) is 3.35. The van der Waals surface area contributed by atoms with Crippen LogP contribution in [0.4, 0.5) is 0 Å². The Morgan fingerprint density at radius 3 is 2.77 bits per heavy atom. The van der Waals surface area contributed by atoms with Crippen molar-refractivity contribution in [3.8, 4) is 0 Å². The summed E-state index contributed by atoms with van der Waals surface area (Å²) < 4.78 is 1.72. The molecule has 1 heterocycles. The van der Waals surface area contributed by atoms with Gasteiger partial charge in [0.05, 0.1) is 16.7 Å². The van der Waals surface area contributed by atoms with E-state index in [0.29, 0.717) is 39.5 Å². The summed E-state index contributed by atoms with van der Waals surface area (Å²) in [4.78, 5) is 30.5. The van der Waals surface area contributed by atoms with Gasteiger partial charge in [-0.2, -0.15) is 0 Å². The predicted octanol–water partition coefficient (Wildman–Crippen LogP) is 5.13. The molecule has 31 heavy (non-hydrogen) atoms. The number of hydrogen-bond acceptors (Lipinski definition) is 4. The molecule has 1 aromatic carbocycles. The zero-order valence-electron chi connectivity index (χ0n) is 18.6. The lowest BCUT2D eigenvalue weighted by Gasteiger charge is -2.28. The highest BCUT2D eigenvalue weighted by Gasteiger charge is 2.42. The number of rotatable bonds is 8. The van der Waals surface area contributed by atoms with Gasteiger partial charge in [0, 0.05) is 17.6 Å². The van der Waals surface area contributed by atoms with Gasteiger partial charge in [-0.3, -0.25) is 14.2 Å². The molecule has 2 aliphatic carbocycles. The Morgan fingerprint density at radius 2 is 2.10 bits per heavy atom. The zero-order chi connectivity index (χ0) is 22.1. The average molecular weight is 462 g/mol. The highest BCUT2D eigenvalue weighted by molar-refractivity contribution is 7.99. The Labute approximate surface area is 193 Å². The molecule has 2 saturated carbocycles. The fraction of sp³-hybridized carbons (Fsp3) is 0.625. The van der Waals surface area contributed by atoms with E-state index >= 15 is 0 Å². The Balaban J connectivity index is 1.47. The van der Waals surface area contributed by atoms with E-state index in [1.54, 1.807) is 22.8 Å². The summed E-state index contributed by atoms with van der Waals surface area (Å²) in [5.74, 6) is 2.99. The van der Waals surface area contributed by atoms with E-state index in [1.165, 1.54) is 37.4 Å². The van der Waals surface area contributed by atoms with Gasteiger partial charge < -0.3 is 5.32 Å². The van der Waals surface area contributed by atoms with Crippen LogP contribution in [0.3, 0.4) is 0 Å². The van der Waals surface area contributed by atoms with Gasteiger partial charge in [-0.05, 0) is 74.5 Å². The van der Waals surface area contributed by atoms with Crippen molar-refractivity contribution in [2.24, 2.45) is 23.7 Å². The smallest absolute Gasteiger partial charge is 0.262 e. The molecule has 1 amide bonds. The lowest BCUT2D eigenvalue weighted by atomic mass is 9.84. The molecule has 2 aromatic rings. The number of hydrogen-bond donors (Lipinski definition) is 1. The van der Waals surface area contributed by atoms with Crippen molar-refractivity contribution in [2.45, 2.75) is 70.6 Å². The van der Waals surface area contributed by atoms with Gasteiger partial charge in [-0.25, -0.2) is 4.98 Å². The van der Waals surface area contributed by atoms with Gasteiger partial charge in [-0.1, -0.05) is 43.6 Å². The van der Waals surface area contributed by atoms with Crippen LogP contribution in [-0.4, -0.2) is 27.3 Å². The second-order valence-electron chi connectivity index (χ2n) is 9.68. The number of aromatic nitrogens is 2. The van der Waals surface area contributed by atoms with Gasteiger partial charge in [0.25, 0.3) is 5.56 Å². The topological polar surface area (TPSA) is 64.0 Å². The van der Waals surface area contributed by atoms with Gasteiger partial charge >= 0.3 is 0 Å². The first-order valence-corrected chi connectivity index (χ1v) is 12.8. The second kappa shape index (κ2) is 9.53. The summed E-state index contributed by atoms with van der Waals surface area (Å²) in [6.45, 7) is 7.00. The molecule has 2 aliphatic rings. The van der Waals surface area contributed by atoms with E-state index in [2.05, 4.69) is 26.1 Å². The van der Waals surface area contributed by atoms with Crippen LogP contribution in [0.2, 0.25) is 5.02 Å². The van der Waals surface area contributed by atoms with Gasteiger partial charge in [0.1, 0.15) is 0 Å². The largest absolute Gasteiger partial charge is 0.353 e. The summed E-state index contributed by atoms with van der Waals surface area (Å²) in [6, 6.07) is 5.37. The maximum absolute atomic E-state index is 13.1. The zero-order valence-corrected chi connectivity index (χ0v) is 20.1. The lowest BCUT2D eigenvalue weighted by molar-refractivity contribution is -0.119. The number of nitrogens with zero attached hydrogens (tertiary/aromatic N) is 2. The van der Waals surface area contributed by atoms with Crippen LogP contribution in [0.25, 0.3) is 10.9 Å². The van der Waals surface area contributed by atoms with Gasteiger partial charge in [-0.15, -0.1) is 0 Å². The Kier molecular flexibility index (Phi) is 6.97. The first kappa shape index (κ1) is 22.7. The van der Waals surface area contributed by atoms with Crippen molar-refractivity contribution in [3.63, 3.8) is 0 Å². The first-order valence-electron chi connectivity index (χ1n) is 11.4. The van der Waals surface area contributed by atoms with Gasteiger partial charge in [0.15, 0.2) is 5.16 Å². The number of thioether (sulfide) groups is 1. The van der Waals surface area contributed by atoms with Crippen LogP contribution in [0.15, 0.2) is 28.2 Å². The molecular weight excluding hydrogens is 430 g/mol. The van der Waals surface area contributed by atoms with E-state index in [1.807, 2.05) is 0 Å². The molecule has 5 nitrogen and oxygen atoms in total. The number of amides is 1. The molecule has 0 radical (unpaired) electrons. The molecule has 0 spiro atoms. The number of fused-ring (bicyclic) bond motifs is 3.